The van der Waals surface area contributed by atoms with Gasteiger partial charge in [0.2, 0.25) is 5.91 Å². The molecule has 0 spiro atoms. The van der Waals surface area contributed by atoms with Crippen LogP contribution in [0.2, 0.25) is 0 Å². The molecule has 0 saturated heterocycles. The van der Waals surface area contributed by atoms with Gasteiger partial charge in [-0.1, -0.05) is 19.1 Å². The van der Waals surface area contributed by atoms with Crippen LogP contribution in [0.4, 0.5) is 0 Å². The number of nitrogens with two attached hydrogens (primary N) is 1. The van der Waals surface area contributed by atoms with Crippen molar-refractivity contribution in [3.05, 3.63) is 35.4 Å². The molecule has 0 bridgehead atoms. The van der Waals surface area contributed by atoms with Crippen LogP contribution < -0.4 is 11.1 Å². The van der Waals surface area contributed by atoms with Crippen molar-refractivity contribution in [2.75, 3.05) is 13.1 Å². The zero-order valence-corrected chi connectivity index (χ0v) is 13.9. The van der Waals surface area contributed by atoms with Crippen LogP contribution in [0.3, 0.4) is 0 Å². The fraction of sp³-hybridized carbons (Fsp3) is 0.529. The van der Waals surface area contributed by atoms with Crippen molar-refractivity contribution >= 4 is 11.8 Å². The summed E-state index contributed by atoms with van der Waals surface area (Å²) >= 11 is 0. The molecule has 1 aromatic rings. The summed E-state index contributed by atoms with van der Waals surface area (Å²) in [6.45, 7) is 9.39. The zero-order chi connectivity index (χ0) is 16.7. The van der Waals surface area contributed by atoms with Crippen molar-refractivity contribution in [2.45, 2.75) is 40.3 Å². The molecule has 22 heavy (non-hydrogen) atoms. The van der Waals surface area contributed by atoms with E-state index < -0.39 is 0 Å². The molecule has 5 heteroatoms. The van der Waals surface area contributed by atoms with E-state index in [9.17, 15) is 9.59 Å². The number of hydrogen-bond acceptors (Lipinski definition) is 3. The molecule has 2 unspecified atom stereocenters. The van der Waals surface area contributed by atoms with Crippen molar-refractivity contribution in [3.8, 4) is 0 Å². The monoisotopic (exact) mass is 305 g/mol. The maximum absolute atomic E-state index is 12.2. The highest BCUT2D eigenvalue weighted by Crippen LogP contribution is 2.08. The van der Waals surface area contributed by atoms with Gasteiger partial charge >= 0.3 is 0 Å². The Balaban J connectivity index is 2.62. The Labute approximate surface area is 132 Å². The Morgan fingerprint density at radius 1 is 1.14 bits per heavy atom. The quantitative estimate of drug-likeness (QED) is 0.806. The van der Waals surface area contributed by atoms with Crippen molar-refractivity contribution < 1.29 is 9.59 Å². The van der Waals surface area contributed by atoms with Crippen LogP contribution >= 0.6 is 0 Å². The molecule has 0 aliphatic rings. The van der Waals surface area contributed by atoms with Crippen molar-refractivity contribution in [3.63, 3.8) is 0 Å². The van der Waals surface area contributed by atoms with Crippen LogP contribution in [0.5, 0.6) is 0 Å². The van der Waals surface area contributed by atoms with E-state index in [1.54, 1.807) is 17.0 Å². The normalized spacial score (nSPS) is 13.3. The van der Waals surface area contributed by atoms with E-state index in [1.165, 1.54) is 0 Å². The van der Waals surface area contributed by atoms with Crippen LogP contribution in [0, 0.1) is 5.92 Å². The maximum Gasteiger partial charge on any atom is 0.253 e. The van der Waals surface area contributed by atoms with Crippen LogP contribution in [-0.4, -0.2) is 35.8 Å². The topological polar surface area (TPSA) is 75.4 Å². The average molecular weight is 305 g/mol. The van der Waals surface area contributed by atoms with Crippen LogP contribution in [0.1, 0.15) is 43.6 Å². The highest BCUT2D eigenvalue weighted by Gasteiger charge is 2.16. The minimum absolute atomic E-state index is 0.0335. The molecule has 5 nitrogen and oxygen atoms in total. The van der Waals surface area contributed by atoms with E-state index in [4.69, 9.17) is 5.73 Å². The first-order valence-electron chi connectivity index (χ1n) is 7.82. The molecule has 1 aromatic carbocycles. The molecule has 0 radical (unpaired) electrons. The van der Waals surface area contributed by atoms with Crippen molar-refractivity contribution in [1.82, 2.24) is 10.2 Å². The summed E-state index contributed by atoms with van der Waals surface area (Å²) < 4.78 is 0. The van der Waals surface area contributed by atoms with Crippen molar-refractivity contribution in [1.29, 1.82) is 0 Å². The summed E-state index contributed by atoms with van der Waals surface area (Å²) in [6.07, 6.45) is 0. The van der Waals surface area contributed by atoms with Gasteiger partial charge in [0.05, 0.1) is 0 Å². The fourth-order valence-electron chi connectivity index (χ4n) is 2.05. The summed E-state index contributed by atoms with van der Waals surface area (Å²) in [4.78, 5) is 25.8. The van der Waals surface area contributed by atoms with Gasteiger partial charge in [-0.3, -0.25) is 9.59 Å². The summed E-state index contributed by atoms with van der Waals surface area (Å²) in [7, 11) is 0. The summed E-state index contributed by atoms with van der Waals surface area (Å²) in [5, 5.41) is 2.86. The third-order valence-electron chi connectivity index (χ3n) is 3.92. The van der Waals surface area contributed by atoms with Crippen LogP contribution in [0.15, 0.2) is 24.3 Å². The third kappa shape index (κ3) is 4.84. The third-order valence-corrected chi connectivity index (χ3v) is 3.92. The predicted octanol–water partition coefficient (Wildman–Crippen LogP) is 1.77. The summed E-state index contributed by atoms with van der Waals surface area (Å²) in [5.74, 6) is -0.243. The second-order valence-corrected chi connectivity index (χ2v) is 5.54. The number of rotatable bonds is 7. The van der Waals surface area contributed by atoms with E-state index in [-0.39, 0.29) is 23.8 Å². The lowest BCUT2D eigenvalue weighted by Crippen LogP contribution is -2.38. The number of nitrogens with zero attached hydrogens (tertiary/aromatic N) is 1. The van der Waals surface area contributed by atoms with Crippen molar-refractivity contribution in [2.24, 2.45) is 11.7 Å². The van der Waals surface area contributed by atoms with Gasteiger partial charge in [0.15, 0.2) is 0 Å². The first kappa shape index (κ1) is 18.2. The smallest absolute Gasteiger partial charge is 0.253 e. The fourth-order valence-corrected chi connectivity index (χ4v) is 2.05. The first-order valence-corrected chi connectivity index (χ1v) is 7.82. The maximum atomic E-state index is 12.2. The average Bonchev–Trinajstić information content (AvgIpc) is 2.53. The second-order valence-electron chi connectivity index (χ2n) is 5.54. The van der Waals surface area contributed by atoms with Gasteiger partial charge in [0.1, 0.15) is 0 Å². The molecule has 0 fully saturated rings. The van der Waals surface area contributed by atoms with E-state index in [1.807, 2.05) is 39.8 Å². The minimum atomic E-state index is -0.219. The molecule has 0 aliphatic carbocycles. The molecule has 1 rings (SSSR count). The molecular weight excluding hydrogens is 278 g/mol. The van der Waals surface area contributed by atoms with E-state index in [0.717, 1.165) is 5.56 Å². The lowest BCUT2D eigenvalue weighted by Gasteiger charge is -2.19. The van der Waals surface area contributed by atoms with E-state index in [2.05, 4.69) is 5.32 Å². The highest BCUT2D eigenvalue weighted by molar-refractivity contribution is 5.94. The number of carbonyl (C=O) groups is 2. The number of hydrogen-bond donors (Lipinski definition) is 2. The van der Waals surface area contributed by atoms with Gasteiger partial charge < -0.3 is 16.0 Å². The zero-order valence-electron chi connectivity index (χ0n) is 13.9. The standard InChI is InChI=1S/C17H27N3O2/c1-5-20(6-2)17(22)15-9-7-14(8-10-15)11-19-16(21)12(3)13(4)18/h7-10,12-13H,5-6,11,18H2,1-4H3,(H,19,21). The Bertz CT molecular complexity index is 493. The summed E-state index contributed by atoms with van der Waals surface area (Å²) in [5.41, 5.74) is 7.34. The molecule has 2 atom stereocenters. The number of nitrogens with one attached hydrogen (secondary N) is 1. The Hall–Kier alpha value is -1.88. The van der Waals surface area contributed by atoms with Crippen LogP contribution in [0.25, 0.3) is 0 Å². The number of carbonyl (C=O) groups excluding carboxylic acids is 2. The lowest BCUT2D eigenvalue weighted by atomic mass is 10.0. The molecule has 122 valence electrons. The second kappa shape index (κ2) is 8.54. The van der Waals surface area contributed by atoms with Gasteiger partial charge in [-0.05, 0) is 38.5 Å². The summed E-state index contributed by atoms with van der Waals surface area (Å²) in [6, 6.07) is 7.17. The van der Waals surface area contributed by atoms with E-state index in [0.29, 0.717) is 25.2 Å². The number of benzene rings is 1. The predicted molar refractivity (Wildman–Crippen MR) is 88.4 cm³/mol. The van der Waals surface area contributed by atoms with Gasteiger partial charge in [-0.15, -0.1) is 0 Å². The molecule has 0 heterocycles. The highest BCUT2D eigenvalue weighted by atomic mass is 16.2. The van der Waals surface area contributed by atoms with E-state index >= 15 is 0 Å². The molecule has 2 amide bonds. The SMILES string of the molecule is CCN(CC)C(=O)c1ccc(CNC(=O)C(C)C(C)N)cc1. The van der Waals surface area contributed by atoms with Gasteiger partial charge in [-0.25, -0.2) is 0 Å². The Morgan fingerprint density at radius 3 is 2.14 bits per heavy atom. The largest absolute Gasteiger partial charge is 0.352 e. The Kier molecular flexibility index (Phi) is 7.05. The molecule has 0 aliphatic heterocycles. The number of amides is 2. The van der Waals surface area contributed by atoms with Gasteiger partial charge in [0.25, 0.3) is 5.91 Å². The minimum Gasteiger partial charge on any atom is -0.352 e. The van der Waals surface area contributed by atoms with Gasteiger partial charge in [0, 0.05) is 37.2 Å². The first-order chi connectivity index (χ1) is 10.4. The van der Waals surface area contributed by atoms with Gasteiger partial charge in [-0.2, -0.15) is 0 Å². The molecule has 3 N–H and O–H groups in total. The Morgan fingerprint density at radius 2 is 1.68 bits per heavy atom. The molecular formula is C17H27N3O2. The molecule has 0 aromatic heterocycles. The van der Waals surface area contributed by atoms with Crippen LogP contribution in [-0.2, 0) is 11.3 Å². The lowest BCUT2D eigenvalue weighted by molar-refractivity contribution is -0.125. The molecule has 0 saturated carbocycles.